The van der Waals surface area contributed by atoms with Crippen LogP contribution in [0.4, 0.5) is 0 Å². The van der Waals surface area contributed by atoms with E-state index in [9.17, 15) is 0 Å². The van der Waals surface area contributed by atoms with Crippen LogP contribution in [0.2, 0.25) is 0 Å². The molecule has 4 N–H and O–H groups in total. The van der Waals surface area contributed by atoms with Gasteiger partial charge in [0.2, 0.25) is 0 Å². The molecule has 0 radical (unpaired) electrons. The molecule has 0 amide bonds. The molecule has 0 rings (SSSR count). The second-order valence-electron chi connectivity index (χ2n) is 1.51. The van der Waals surface area contributed by atoms with Crippen molar-refractivity contribution in [2.75, 3.05) is 0 Å². The van der Waals surface area contributed by atoms with E-state index in [1.807, 2.05) is 13.8 Å². The zero-order valence-corrected chi connectivity index (χ0v) is 5.48. The average Bonchev–Trinajstić information content (AvgIpc) is 1.27. The van der Waals surface area contributed by atoms with Crippen molar-refractivity contribution < 1.29 is 4.52 Å². The molecule has 0 aliphatic carbocycles. The topological polar surface area (TPSA) is 61.3 Å². The molecular formula is C3H11N2OP. The van der Waals surface area contributed by atoms with Crippen molar-refractivity contribution in [3.05, 3.63) is 0 Å². The van der Waals surface area contributed by atoms with Gasteiger partial charge in [-0.05, 0) is 13.8 Å². The van der Waals surface area contributed by atoms with Gasteiger partial charge in [0.1, 0.15) is 0 Å². The fraction of sp³-hybridized carbons (Fsp3) is 1.00. The minimum atomic E-state index is -1.14. The molecule has 4 heteroatoms. The van der Waals surface area contributed by atoms with E-state index in [2.05, 4.69) is 0 Å². The molecule has 7 heavy (non-hydrogen) atoms. The van der Waals surface area contributed by atoms with Crippen molar-refractivity contribution >= 4 is 8.45 Å². The summed E-state index contributed by atoms with van der Waals surface area (Å²) in [6, 6.07) is 0. The highest BCUT2D eigenvalue weighted by Gasteiger charge is 1.95. The van der Waals surface area contributed by atoms with Crippen LogP contribution in [0.1, 0.15) is 13.8 Å². The largest absolute Gasteiger partial charge is 0.329 e. The predicted molar refractivity (Wildman–Crippen MR) is 31.5 cm³/mol. The molecule has 0 aliphatic rings. The molecule has 0 aromatic rings. The molecule has 0 aromatic heterocycles. The average molecular weight is 122 g/mol. The van der Waals surface area contributed by atoms with E-state index < -0.39 is 8.45 Å². The van der Waals surface area contributed by atoms with Crippen LogP contribution in [0.15, 0.2) is 0 Å². The van der Waals surface area contributed by atoms with E-state index in [1.54, 1.807) is 0 Å². The molecule has 0 aliphatic heterocycles. The molecule has 0 spiro atoms. The number of rotatable bonds is 2. The molecule has 0 unspecified atom stereocenters. The quantitative estimate of drug-likeness (QED) is 0.526. The molecule has 0 atom stereocenters. The molecule has 0 fully saturated rings. The lowest BCUT2D eigenvalue weighted by Gasteiger charge is -2.07. The standard InChI is InChI=1S/C3H11N2OP/c1-3(2)6-7(4)5/h3H,4-5H2,1-2H3. The molecular weight excluding hydrogens is 111 g/mol. The number of hydrogen-bond acceptors (Lipinski definition) is 3. The van der Waals surface area contributed by atoms with Crippen LogP contribution in [0.3, 0.4) is 0 Å². The van der Waals surface area contributed by atoms with Gasteiger partial charge in [0, 0.05) is 0 Å². The van der Waals surface area contributed by atoms with Gasteiger partial charge in [0.15, 0.2) is 8.45 Å². The zero-order chi connectivity index (χ0) is 5.86. The first-order chi connectivity index (χ1) is 3.13. The van der Waals surface area contributed by atoms with Gasteiger partial charge in [-0.15, -0.1) is 0 Å². The minimum Gasteiger partial charge on any atom is -0.329 e. The van der Waals surface area contributed by atoms with E-state index in [0.29, 0.717) is 0 Å². The van der Waals surface area contributed by atoms with E-state index >= 15 is 0 Å². The van der Waals surface area contributed by atoms with E-state index in [0.717, 1.165) is 0 Å². The Morgan fingerprint density at radius 3 is 1.86 bits per heavy atom. The van der Waals surface area contributed by atoms with Gasteiger partial charge >= 0.3 is 0 Å². The van der Waals surface area contributed by atoms with Crippen LogP contribution in [-0.4, -0.2) is 6.10 Å². The van der Waals surface area contributed by atoms with Crippen molar-refractivity contribution in [1.82, 2.24) is 0 Å². The normalized spacial score (nSPS) is 11.1. The Morgan fingerprint density at radius 1 is 1.43 bits per heavy atom. The lowest BCUT2D eigenvalue weighted by molar-refractivity contribution is 0.270. The Morgan fingerprint density at radius 2 is 1.86 bits per heavy atom. The lowest BCUT2D eigenvalue weighted by Crippen LogP contribution is -2.07. The third-order valence-corrected chi connectivity index (χ3v) is 0.998. The van der Waals surface area contributed by atoms with Crippen LogP contribution in [0, 0.1) is 0 Å². The highest BCUT2D eigenvalue weighted by atomic mass is 31.2. The Kier molecular flexibility index (Phi) is 3.48. The van der Waals surface area contributed by atoms with Crippen LogP contribution >= 0.6 is 8.45 Å². The van der Waals surface area contributed by atoms with E-state index in [4.69, 9.17) is 15.5 Å². The Hall–Kier alpha value is 0.310. The van der Waals surface area contributed by atoms with Gasteiger partial charge in [-0.2, -0.15) is 0 Å². The highest BCUT2D eigenvalue weighted by molar-refractivity contribution is 7.47. The number of nitrogens with two attached hydrogens (primary N) is 2. The SMILES string of the molecule is CC(C)OP(N)N. The van der Waals surface area contributed by atoms with Crippen molar-refractivity contribution in [1.29, 1.82) is 0 Å². The van der Waals surface area contributed by atoms with Crippen LogP contribution in [0.25, 0.3) is 0 Å². The summed E-state index contributed by atoms with van der Waals surface area (Å²) in [5.41, 5.74) is 10.2. The number of hydrogen-bond donors (Lipinski definition) is 2. The Labute approximate surface area is 45.0 Å². The van der Waals surface area contributed by atoms with Crippen LogP contribution in [0.5, 0.6) is 0 Å². The predicted octanol–water partition coefficient (Wildman–Crippen LogP) is 0.556. The third kappa shape index (κ3) is 6.31. The summed E-state index contributed by atoms with van der Waals surface area (Å²) in [6.45, 7) is 3.80. The van der Waals surface area contributed by atoms with Crippen molar-refractivity contribution in [2.45, 2.75) is 20.0 Å². The maximum atomic E-state index is 5.11. The monoisotopic (exact) mass is 122 g/mol. The lowest BCUT2D eigenvalue weighted by atomic mass is 10.5. The summed E-state index contributed by atoms with van der Waals surface area (Å²) >= 11 is 0. The molecule has 3 nitrogen and oxygen atoms in total. The molecule has 0 saturated carbocycles. The first-order valence-corrected chi connectivity index (χ1v) is 3.49. The van der Waals surface area contributed by atoms with Gasteiger partial charge in [0.05, 0.1) is 6.10 Å². The Bertz CT molecular complexity index is 42.2. The van der Waals surface area contributed by atoms with Gasteiger partial charge in [0.25, 0.3) is 0 Å². The molecule has 0 saturated heterocycles. The Balaban J connectivity index is 2.95. The van der Waals surface area contributed by atoms with Crippen LogP contribution < -0.4 is 11.0 Å². The molecule has 0 aromatic carbocycles. The summed E-state index contributed by atoms with van der Waals surface area (Å²) < 4.78 is 4.87. The summed E-state index contributed by atoms with van der Waals surface area (Å²) in [5.74, 6) is 0. The van der Waals surface area contributed by atoms with Gasteiger partial charge in [-0.1, -0.05) is 0 Å². The van der Waals surface area contributed by atoms with Gasteiger partial charge in [-0.25, -0.2) is 0 Å². The van der Waals surface area contributed by atoms with E-state index in [-0.39, 0.29) is 6.10 Å². The van der Waals surface area contributed by atoms with Crippen LogP contribution in [-0.2, 0) is 4.52 Å². The van der Waals surface area contributed by atoms with Crippen molar-refractivity contribution in [2.24, 2.45) is 11.0 Å². The summed E-state index contributed by atoms with van der Waals surface area (Å²) in [5, 5.41) is 0. The van der Waals surface area contributed by atoms with Gasteiger partial charge < -0.3 is 4.52 Å². The first kappa shape index (κ1) is 7.31. The summed E-state index contributed by atoms with van der Waals surface area (Å²) in [6.07, 6.45) is 0.154. The smallest absolute Gasteiger partial charge is 0.176 e. The zero-order valence-electron chi connectivity index (χ0n) is 4.59. The summed E-state index contributed by atoms with van der Waals surface area (Å²) in [7, 11) is -1.14. The molecule has 44 valence electrons. The van der Waals surface area contributed by atoms with Crippen molar-refractivity contribution in [3.63, 3.8) is 0 Å². The van der Waals surface area contributed by atoms with Gasteiger partial charge in [-0.3, -0.25) is 11.0 Å². The van der Waals surface area contributed by atoms with E-state index in [1.165, 1.54) is 0 Å². The molecule has 0 bridgehead atoms. The minimum absolute atomic E-state index is 0.154. The summed E-state index contributed by atoms with van der Waals surface area (Å²) in [4.78, 5) is 0. The first-order valence-electron chi connectivity index (χ1n) is 2.09. The highest BCUT2D eigenvalue weighted by Crippen LogP contribution is 2.16. The second-order valence-corrected chi connectivity index (χ2v) is 2.44. The fourth-order valence-electron chi connectivity index (χ4n) is 0.243. The molecule has 0 heterocycles. The maximum Gasteiger partial charge on any atom is 0.176 e. The fourth-order valence-corrected chi connectivity index (χ4v) is 0.730. The third-order valence-electron chi connectivity index (χ3n) is 0.333. The second kappa shape index (κ2) is 3.33. The van der Waals surface area contributed by atoms with Crippen molar-refractivity contribution in [3.8, 4) is 0 Å². The maximum absolute atomic E-state index is 5.11.